The second kappa shape index (κ2) is 9.02. The number of piperidine rings is 2. The molecule has 1 aliphatic carbocycles. The van der Waals surface area contributed by atoms with Crippen molar-refractivity contribution >= 4 is 15.9 Å². The van der Waals surface area contributed by atoms with Gasteiger partial charge < -0.3 is 4.90 Å². The van der Waals surface area contributed by atoms with E-state index in [-0.39, 0.29) is 11.9 Å². The summed E-state index contributed by atoms with van der Waals surface area (Å²) in [6.45, 7) is 6.63. The van der Waals surface area contributed by atoms with Gasteiger partial charge in [0.1, 0.15) is 0 Å². The number of sulfonamides is 1. The molecular weight excluding hydrogens is 458 g/mol. The molecule has 2 bridgehead atoms. The van der Waals surface area contributed by atoms with Crippen molar-refractivity contribution in [2.24, 2.45) is 17.8 Å². The Morgan fingerprint density at radius 2 is 1.66 bits per heavy atom. The van der Waals surface area contributed by atoms with E-state index >= 15 is 0 Å². The third kappa shape index (κ3) is 4.21. The number of fused-ring (bicyclic) bond motifs is 3. The van der Waals surface area contributed by atoms with Gasteiger partial charge in [0, 0.05) is 52.2 Å². The van der Waals surface area contributed by atoms with Crippen molar-refractivity contribution in [3.63, 3.8) is 0 Å². The summed E-state index contributed by atoms with van der Waals surface area (Å²) in [5.74, 6) is 1.56. The molecule has 1 saturated carbocycles. The van der Waals surface area contributed by atoms with Crippen LogP contribution in [0.5, 0.6) is 0 Å². The molecule has 186 valence electrons. The number of rotatable bonds is 4. The Labute approximate surface area is 209 Å². The van der Waals surface area contributed by atoms with Crippen molar-refractivity contribution in [2.45, 2.75) is 50.1 Å². The Balaban J connectivity index is 1.21. The first-order valence-corrected chi connectivity index (χ1v) is 14.5. The average Bonchev–Trinajstić information content (AvgIpc) is 3.18. The van der Waals surface area contributed by atoms with Gasteiger partial charge >= 0.3 is 0 Å². The van der Waals surface area contributed by atoms with Crippen LogP contribution in [-0.2, 0) is 34.2 Å². The highest BCUT2D eigenvalue weighted by atomic mass is 32.2. The fourth-order valence-corrected chi connectivity index (χ4v) is 8.98. The molecule has 7 heteroatoms. The summed E-state index contributed by atoms with van der Waals surface area (Å²) in [7, 11) is -3.55. The van der Waals surface area contributed by atoms with Crippen LogP contribution in [0.25, 0.3) is 0 Å². The van der Waals surface area contributed by atoms with E-state index in [1.807, 2.05) is 21.3 Å². The first-order valence-electron chi connectivity index (χ1n) is 13.1. The van der Waals surface area contributed by atoms with Crippen molar-refractivity contribution < 1.29 is 13.2 Å². The number of amides is 1. The molecule has 0 spiro atoms. The first kappa shape index (κ1) is 23.2. The predicted molar refractivity (Wildman–Crippen MR) is 135 cm³/mol. The minimum Gasteiger partial charge on any atom is -0.342 e. The zero-order valence-corrected chi connectivity index (χ0v) is 21.3. The molecule has 4 atom stereocenters. The fourth-order valence-electron chi connectivity index (χ4n) is 7.17. The standard InChI is InChI=1S/C28H35N3O3S/c1-20(32)30-13-11-22-7-9-25(15-23(22)12-14-30)35(33,34)31-17-24-8-10-28(31)27-19-29(18-26(24)27)16-21-5-3-2-4-6-21/h2-7,9,15,24,26-28H,8,10-14,16-19H2,1H3. The maximum absolute atomic E-state index is 13.9. The summed E-state index contributed by atoms with van der Waals surface area (Å²) in [6, 6.07) is 16.4. The van der Waals surface area contributed by atoms with Crippen molar-refractivity contribution in [2.75, 3.05) is 32.7 Å². The van der Waals surface area contributed by atoms with E-state index in [9.17, 15) is 13.2 Å². The SMILES string of the molecule is CC(=O)N1CCc2ccc(S(=O)(=O)N3CC4CCC3C3CN(Cc5ccccc5)CC43)cc2CC1. The quantitative estimate of drug-likeness (QED) is 0.657. The van der Waals surface area contributed by atoms with Gasteiger partial charge in [0.05, 0.1) is 4.90 Å². The normalized spacial score (nSPS) is 29.0. The number of likely N-dealkylation sites (tertiary alicyclic amines) is 1. The van der Waals surface area contributed by atoms with Gasteiger partial charge in [-0.25, -0.2) is 8.42 Å². The number of hydrogen-bond acceptors (Lipinski definition) is 4. The van der Waals surface area contributed by atoms with E-state index in [1.54, 1.807) is 13.0 Å². The van der Waals surface area contributed by atoms with Crippen molar-refractivity contribution in [3.05, 3.63) is 65.2 Å². The second-order valence-electron chi connectivity index (χ2n) is 10.9. The molecular formula is C28H35N3O3S. The third-order valence-electron chi connectivity index (χ3n) is 8.99. The lowest BCUT2D eigenvalue weighted by Crippen LogP contribution is -2.58. The Morgan fingerprint density at radius 3 is 2.43 bits per heavy atom. The van der Waals surface area contributed by atoms with Crippen LogP contribution in [0.3, 0.4) is 0 Å². The molecule has 0 radical (unpaired) electrons. The predicted octanol–water partition coefficient (Wildman–Crippen LogP) is 3.16. The van der Waals surface area contributed by atoms with E-state index in [2.05, 4.69) is 35.2 Å². The molecule has 6 nitrogen and oxygen atoms in total. The summed E-state index contributed by atoms with van der Waals surface area (Å²) in [5.41, 5.74) is 3.57. The largest absolute Gasteiger partial charge is 0.342 e. The van der Waals surface area contributed by atoms with Crippen LogP contribution in [0.1, 0.15) is 36.5 Å². The van der Waals surface area contributed by atoms with E-state index in [4.69, 9.17) is 0 Å². The van der Waals surface area contributed by atoms with E-state index in [0.29, 0.717) is 48.7 Å². The summed E-state index contributed by atoms with van der Waals surface area (Å²) in [4.78, 5) is 16.7. The van der Waals surface area contributed by atoms with Gasteiger partial charge in [0.25, 0.3) is 0 Å². The first-order chi connectivity index (χ1) is 16.9. The fraction of sp³-hybridized carbons (Fsp3) is 0.536. The smallest absolute Gasteiger partial charge is 0.243 e. The summed E-state index contributed by atoms with van der Waals surface area (Å²) in [6.07, 6.45) is 3.61. The van der Waals surface area contributed by atoms with Crippen LogP contribution in [-0.4, -0.2) is 67.2 Å². The number of hydrogen-bond donors (Lipinski definition) is 0. The van der Waals surface area contributed by atoms with Gasteiger partial charge in [-0.15, -0.1) is 0 Å². The van der Waals surface area contributed by atoms with Crippen molar-refractivity contribution in [1.82, 2.24) is 14.1 Å². The minimum atomic E-state index is -3.55. The van der Waals surface area contributed by atoms with Gasteiger partial charge in [-0.05, 0) is 72.3 Å². The Morgan fingerprint density at radius 1 is 0.914 bits per heavy atom. The van der Waals surface area contributed by atoms with Crippen LogP contribution >= 0.6 is 0 Å². The lowest BCUT2D eigenvalue weighted by atomic mass is 9.68. The highest BCUT2D eigenvalue weighted by molar-refractivity contribution is 7.89. The van der Waals surface area contributed by atoms with Gasteiger partial charge in [-0.1, -0.05) is 36.4 Å². The molecule has 35 heavy (non-hydrogen) atoms. The molecule has 4 unspecified atom stereocenters. The van der Waals surface area contributed by atoms with Crippen LogP contribution < -0.4 is 0 Å². The molecule has 0 aromatic heterocycles. The number of benzene rings is 2. The Hall–Kier alpha value is -2.22. The van der Waals surface area contributed by atoms with Crippen LogP contribution in [0.4, 0.5) is 0 Å². The van der Waals surface area contributed by atoms with Gasteiger partial charge in [0.2, 0.25) is 15.9 Å². The number of carbonyl (C=O) groups excluding carboxylic acids is 1. The van der Waals surface area contributed by atoms with Gasteiger partial charge in [0.15, 0.2) is 0 Å². The highest BCUT2D eigenvalue weighted by Gasteiger charge is 2.54. The molecule has 2 aromatic carbocycles. The highest BCUT2D eigenvalue weighted by Crippen LogP contribution is 2.49. The van der Waals surface area contributed by atoms with E-state index in [0.717, 1.165) is 44.5 Å². The van der Waals surface area contributed by atoms with E-state index < -0.39 is 10.0 Å². The lowest BCUT2D eigenvalue weighted by Gasteiger charge is -2.51. The van der Waals surface area contributed by atoms with Crippen molar-refractivity contribution in [1.29, 1.82) is 0 Å². The van der Waals surface area contributed by atoms with Crippen molar-refractivity contribution in [3.8, 4) is 0 Å². The maximum Gasteiger partial charge on any atom is 0.243 e. The van der Waals surface area contributed by atoms with Crippen LogP contribution in [0.15, 0.2) is 53.4 Å². The topological polar surface area (TPSA) is 60.9 Å². The zero-order chi connectivity index (χ0) is 24.2. The van der Waals surface area contributed by atoms with Gasteiger partial charge in [-0.2, -0.15) is 4.31 Å². The third-order valence-corrected chi connectivity index (χ3v) is 10.9. The van der Waals surface area contributed by atoms with Crippen LogP contribution in [0.2, 0.25) is 0 Å². The maximum atomic E-state index is 13.9. The second-order valence-corrected chi connectivity index (χ2v) is 12.8. The molecule has 3 saturated heterocycles. The lowest BCUT2D eigenvalue weighted by molar-refractivity contribution is -0.128. The summed E-state index contributed by atoms with van der Waals surface area (Å²) in [5, 5.41) is 0. The molecule has 7 rings (SSSR count). The number of carbonyl (C=O) groups is 1. The molecule has 4 aliphatic heterocycles. The van der Waals surface area contributed by atoms with E-state index in [1.165, 1.54) is 11.1 Å². The Bertz CT molecular complexity index is 1220. The molecule has 0 N–H and O–H groups in total. The monoisotopic (exact) mass is 493 g/mol. The number of nitrogens with zero attached hydrogens (tertiary/aromatic N) is 3. The van der Waals surface area contributed by atoms with Crippen LogP contribution in [0, 0.1) is 17.8 Å². The molecule has 5 aliphatic rings. The average molecular weight is 494 g/mol. The summed E-state index contributed by atoms with van der Waals surface area (Å²) < 4.78 is 29.7. The molecule has 1 amide bonds. The summed E-state index contributed by atoms with van der Waals surface area (Å²) >= 11 is 0. The minimum absolute atomic E-state index is 0.0856. The molecule has 4 fully saturated rings. The molecule has 2 aromatic rings. The Kier molecular flexibility index (Phi) is 5.98. The molecule has 4 heterocycles. The van der Waals surface area contributed by atoms with Gasteiger partial charge in [-0.3, -0.25) is 9.69 Å². The zero-order valence-electron chi connectivity index (χ0n) is 20.5.